The van der Waals surface area contributed by atoms with Crippen LogP contribution in [-0.4, -0.2) is 23.0 Å². The number of nitrogens with one attached hydrogen (secondary N) is 1. The number of hydrazine groups is 1. The molecule has 0 radical (unpaired) electrons. The van der Waals surface area contributed by atoms with Crippen LogP contribution in [0.4, 0.5) is 0 Å². The van der Waals surface area contributed by atoms with Gasteiger partial charge in [0.15, 0.2) is 0 Å². The second-order valence-electron chi connectivity index (χ2n) is 4.72. The molecule has 0 bridgehead atoms. The van der Waals surface area contributed by atoms with Gasteiger partial charge in [-0.1, -0.05) is 6.92 Å². The van der Waals surface area contributed by atoms with Gasteiger partial charge in [-0.25, -0.2) is 0 Å². The van der Waals surface area contributed by atoms with Crippen LogP contribution in [0.25, 0.3) is 0 Å². The Hall–Kier alpha value is -0.910. The van der Waals surface area contributed by atoms with Crippen LogP contribution in [0.2, 0.25) is 0 Å². The van der Waals surface area contributed by atoms with Crippen molar-refractivity contribution in [2.24, 2.45) is 11.8 Å². The van der Waals surface area contributed by atoms with Gasteiger partial charge in [0.25, 0.3) is 0 Å². The van der Waals surface area contributed by atoms with Crippen LogP contribution >= 0.6 is 0 Å². The van der Waals surface area contributed by atoms with Crippen molar-refractivity contribution in [1.82, 2.24) is 15.2 Å². The Bertz CT molecular complexity index is 333. The third-order valence-corrected chi connectivity index (χ3v) is 3.30. The molecule has 1 fully saturated rings. The third-order valence-electron chi connectivity index (χ3n) is 3.30. The van der Waals surface area contributed by atoms with Gasteiger partial charge >= 0.3 is 0 Å². The number of nitrogens with two attached hydrogens (primary N) is 1. The number of hydrogen-bond acceptors (Lipinski definition) is 4. The summed E-state index contributed by atoms with van der Waals surface area (Å²) in [7, 11) is 0. The molecule has 2 atom stereocenters. The Labute approximate surface area is 102 Å². The van der Waals surface area contributed by atoms with E-state index in [1.807, 2.05) is 10.9 Å². The lowest BCUT2D eigenvalue weighted by atomic mass is 9.96. The Kier molecular flexibility index (Phi) is 4.53. The summed E-state index contributed by atoms with van der Waals surface area (Å²) in [6.45, 7) is 4.86. The molecule has 5 nitrogen and oxygen atoms in total. The summed E-state index contributed by atoms with van der Waals surface area (Å²) in [5.74, 6) is 6.25. The predicted octanol–water partition coefficient (Wildman–Crippen LogP) is 1.22. The summed E-state index contributed by atoms with van der Waals surface area (Å²) in [6, 6.07) is 0.187. The number of nitrogens with zero attached hydrogens (tertiary/aromatic N) is 2. The molecule has 1 saturated heterocycles. The number of aryl methyl sites for hydroxylation is 1. The summed E-state index contributed by atoms with van der Waals surface area (Å²) in [4.78, 5) is 0. The van der Waals surface area contributed by atoms with Crippen LogP contribution in [0.5, 0.6) is 0 Å². The zero-order valence-electron chi connectivity index (χ0n) is 10.4. The molecule has 0 amide bonds. The van der Waals surface area contributed by atoms with Gasteiger partial charge in [0, 0.05) is 37.6 Å². The first-order valence-corrected chi connectivity index (χ1v) is 6.39. The SMILES string of the molecule is CCCn1cc(C(CC2CCOC2)NN)cn1. The second-order valence-corrected chi connectivity index (χ2v) is 4.72. The number of ether oxygens (including phenoxy) is 1. The van der Waals surface area contributed by atoms with E-state index in [1.165, 1.54) is 5.56 Å². The molecule has 2 heterocycles. The molecule has 1 aliphatic heterocycles. The van der Waals surface area contributed by atoms with Gasteiger partial charge in [-0.15, -0.1) is 0 Å². The van der Waals surface area contributed by atoms with Crippen LogP contribution in [0.3, 0.4) is 0 Å². The number of aromatic nitrogens is 2. The minimum Gasteiger partial charge on any atom is -0.381 e. The van der Waals surface area contributed by atoms with E-state index in [-0.39, 0.29) is 6.04 Å². The highest BCUT2D eigenvalue weighted by Crippen LogP contribution is 2.25. The Balaban J connectivity index is 1.95. The number of rotatable bonds is 6. The van der Waals surface area contributed by atoms with Crippen LogP contribution in [0.1, 0.15) is 37.8 Å². The van der Waals surface area contributed by atoms with Crippen molar-refractivity contribution < 1.29 is 4.74 Å². The van der Waals surface area contributed by atoms with Crippen LogP contribution in [-0.2, 0) is 11.3 Å². The maximum Gasteiger partial charge on any atom is 0.0538 e. The van der Waals surface area contributed by atoms with E-state index in [9.17, 15) is 0 Å². The molecule has 1 aromatic heterocycles. The molecule has 3 N–H and O–H groups in total. The highest BCUT2D eigenvalue weighted by Gasteiger charge is 2.21. The lowest BCUT2D eigenvalue weighted by Crippen LogP contribution is -2.29. The van der Waals surface area contributed by atoms with Crippen molar-refractivity contribution in [2.45, 2.75) is 38.8 Å². The average molecular weight is 238 g/mol. The van der Waals surface area contributed by atoms with Crippen molar-refractivity contribution in [1.29, 1.82) is 0 Å². The maximum atomic E-state index is 5.64. The fourth-order valence-electron chi connectivity index (χ4n) is 2.31. The highest BCUT2D eigenvalue weighted by atomic mass is 16.5. The van der Waals surface area contributed by atoms with Crippen LogP contribution in [0.15, 0.2) is 12.4 Å². The normalized spacial score (nSPS) is 21.9. The molecular weight excluding hydrogens is 216 g/mol. The van der Waals surface area contributed by atoms with E-state index in [4.69, 9.17) is 10.6 Å². The van der Waals surface area contributed by atoms with E-state index < -0.39 is 0 Å². The first kappa shape index (κ1) is 12.5. The third kappa shape index (κ3) is 3.28. The second kappa shape index (κ2) is 6.14. The molecule has 1 aromatic rings. The fraction of sp³-hybridized carbons (Fsp3) is 0.750. The molecule has 17 heavy (non-hydrogen) atoms. The van der Waals surface area contributed by atoms with Crippen LogP contribution in [0, 0.1) is 5.92 Å². The molecular formula is C12H22N4O. The maximum absolute atomic E-state index is 5.64. The minimum atomic E-state index is 0.187. The topological polar surface area (TPSA) is 65.1 Å². The van der Waals surface area contributed by atoms with Crippen molar-refractivity contribution >= 4 is 0 Å². The van der Waals surface area contributed by atoms with E-state index >= 15 is 0 Å². The molecule has 5 heteroatoms. The number of hydrogen-bond donors (Lipinski definition) is 2. The van der Waals surface area contributed by atoms with Gasteiger partial charge in [-0.2, -0.15) is 5.10 Å². The first-order chi connectivity index (χ1) is 8.33. The fourth-order valence-corrected chi connectivity index (χ4v) is 2.31. The Morgan fingerprint density at radius 3 is 3.24 bits per heavy atom. The van der Waals surface area contributed by atoms with E-state index in [1.54, 1.807) is 0 Å². The van der Waals surface area contributed by atoms with Crippen molar-refractivity contribution in [3.05, 3.63) is 18.0 Å². The summed E-state index contributed by atoms with van der Waals surface area (Å²) in [5.41, 5.74) is 4.07. The molecule has 1 aliphatic rings. The zero-order chi connectivity index (χ0) is 12.1. The molecule has 0 spiro atoms. The van der Waals surface area contributed by atoms with Gasteiger partial charge in [0.1, 0.15) is 0 Å². The summed E-state index contributed by atoms with van der Waals surface area (Å²) < 4.78 is 7.37. The van der Waals surface area contributed by atoms with Gasteiger partial charge in [-0.3, -0.25) is 16.0 Å². The molecule has 96 valence electrons. The van der Waals surface area contributed by atoms with Crippen molar-refractivity contribution in [3.63, 3.8) is 0 Å². The van der Waals surface area contributed by atoms with E-state index in [0.717, 1.165) is 39.0 Å². The molecule has 0 saturated carbocycles. The van der Waals surface area contributed by atoms with E-state index in [0.29, 0.717) is 5.92 Å². The van der Waals surface area contributed by atoms with Gasteiger partial charge in [0.05, 0.1) is 6.20 Å². The quantitative estimate of drug-likeness (QED) is 0.578. The van der Waals surface area contributed by atoms with Crippen molar-refractivity contribution in [2.75, 3.05) is 13.2 Å². The summed E-state index contributed by atoms with van der Waals surface area (Å²) in [6.07, 6.45) is 7.26. The summed E-state index contributed by atoms with van der Waals surface area (Å²) >= 11 is 0. The summed E-state index contributed by atoms with van der Waals surface area (Å²) in [5, 5.41) is 4.34. The van der Waals surface area contributed by atoms with E-state index in [2.05, 4.69) is 23.6 Å². The van der Waals surface area contributed by atoms with Gasteiger partial charge in [-0.05, 0) is 25.2 Å². The lowest BCUT2D eigenvalue weighted by molar-refractivity contribution is 0.181. The molecule has 2 unspecified atom stereocenters. The molecule has 0 aliphatic carbocycles. The Morgan fingerprint density at radius 1 is 1.71 bits per heavy atom. The standard InChI is InChI=1S/C12H22N4O/c1-2-4-16-8-11(7-14-16)12(15-13)6-10-3-5-17-9-10/h7-8,10,12,15H,2-6,9,13H2,1H3. The average Bonchev–Trinajstić information content (AvgIpc) is 2.97. The smallest absolute Gasteiger partial charge is 0.0538 e. The molecule has 0 aromatic carbocycles. The van der Waals surface area contributed by atoms with Gasteiger partial charge in [0.2, 0.25) is 0 Å². The minimum absolute atomic E-state index is 0.187. The lowest BCUT2D eigenvalue weighted by Gasteiger charge is -2.17. The largest absolute Gasteiger partial charge is 0.381 e. The highest BCUT2D eigenvalue weighted by molar-refractivity contribution is 5.10. The van der Waals surface area contributed by atoms with Crippen LogP contribution < -0.4 is 11.3 Å². The Morgan fingerprint density at radius 2 is 2.59 bits per heavy atom. The monoisotopic (exact) mass is 238 g/mol. The predicted molar refractivity (Wildman–Crippen MR) is 66.1 cm³/mol. The van der Waals surface area contributed by atoms with Crippen molar-refractivity contribution in [3.8, 4) is 0 Å². The van der Waals surface area contributed by atoms with Gasteiger partial charge < -0.3 is 4.74 Å². The first-order valence-electron chi connectivity index (χ1n) is 6.39. The zero-order valence-corrected chi connectivity index (χ0v) is 10.4. The molecule has 2 rings (SSSR count).